The van der Waals surface area contributed by atoms with E-state index in [1.54, 1.807) is 17.0 Å². The lowest BCUT2D eigenvalue weighted by atomic mass is 10.2. The van der Waals surface area contributed by atoms with E-state index in [9.17, 15) is 9.59 Å². The number of nitrogens with one attached hydrogen (secondary N) is 1. The number of hydrogen-bond acceptors (Lipinski definition) is 6. The number of anilines is 1. The van der Waals surface area contributed by atoms with Gasteiger partial charge in [-0.25, -0.2) is 4.68 Å². The smallest absolute Gasteiger partial charge is 0.313 e. The number of aromatic nitrogens is 4. The predicted molar refractivity (Wildman–Crippen MR) is 91.2 cm³/mol. The highest BCUT2D eigenvalue weighted by Crippen LogP contribution is 2.18. The van der Waals surface area contributed by atoms with E-state index in [2.05, 4.69) is 32.7 Å². The summed E-state index contributed by atoms with van der Waals surface area (Å²) in [7, 11) is 0. The molecule has 1 aliphatic rings. The summed E-state index contributed by atoms with van der Waals surface area (Å²) in [5.74, 6) is -1.13. The number of likely N-dealkylation sites (N-methyl/N-ethyl adjacent to an activating group) is 1. The van der Waals surface area contributed by atoms with Crippen LogP contribution in [-0.4, -0.2) is 74.5 Å². The lowest BCUT2D eigenvalue weighted by Crippen LogP contribution is -2.51. The van der Waals surface area contributed by atoms with Crippen LogP contribution in [0.5, 0.6) is 0 Å². The largest absolute Gasteiger partial charge is 0.332 e. The summed E-state index contributed by atoms with van der Waals surface area (Å²) in [6.45, 7) is 7.70. The minimum Gasteiger partial charge on any atom is -0.332 e. The molecule has 0 spiro atoms. The lowest BCUT2D eigenvalue weighted by Gasteiger charge is -2.33. The number of rotatable bonds is 3. The van der Waals surface area contributed by atoms with Crippen LogP contribution in [0.4, 0.5) is 5.69 Å². The molecule has 9 heteroatoms. The highest BCUT2D eigenvalue weighted by Gasteiger charge is 2.25. The van der Waals surface area contributed by atoms with Crippen LogP contribution in [0.2, 0.25) is 0 Å². The quantitative estimate of drug-likeness (QED) is 0.793. The molecule has 0 aliphatic carbocycles. The molecule has 0 saturated carbocycles. The number of amides is 2. The number of carbonyl (C=O) groups excluding carboxylic acids is 2. The first-order chi connectivity index (χ1) is 12.1. The van der Waals surface area contributed by atoms with Crippen LogP contribution in [0.1, 0.15) is 12.5 Å². The summed E-state index contributed by atoms with van der Waals surface area (Å²) in [5, 5.41) is 13.7. The second kappa shape index (κ2) is 7.39. The SMILES string of the molecule is CCN1CCN(C(=O)C(=O)Nc2ccc(C)c(-n3cnnn3)c2)CC1. The molecule has 1 aromatic carbocycles. The van der Waals surface area contributed by atoms with Gasteiger partial charge in [-0.3, -0.25) is 9.59 Å². The van der Waals surface area contributed by atoms with Crippen molar-refractivity contribution >= 4 is 17.5 Å². The molecule has 0 unspecified atom stereocenters. The summed E-state index contributed by atoms with van der Waals surface area (Å²) in [6.07, 6.45) is 1.48. The van der Waals surface area contributed by atoms with Crippen molar-refractivity contribution in [1.82, 2.24) is 30.0 Å². The van der Waals surface area contributed by atoms with Gasteiger partial charge in [-0.15, -0.1) is 5.10 Å². The van der Waals surface area contributed by atoms with E-state index >= 15 is 0 Å². The molecule has 1 aromatic heterocycles. The van der Waals surface area contributed by atoms with Crippen LogP contribution in [0.15, 0.2) is 24.5 Å². The van der Waals surface area contributed by atoms with Crippen LogP contribution >= 0.6 is 0 Å². The minimum atomic E-state index is -0.628. The first-order valence-electron chi connectivity index (χ1n) is 8.25. The first-order valence-corrected chi connectivity index (χ1v) is 8.25. The van der Waals surface area contributed by atoms with Crippen LogP contribution in [0.3, 0.4) is 0 Å². The Morgan fingerprint density at radius 2 is 1.96 bits per heavy atom. The summed E-state index contributed by atoms with van der Waals surface area (Å²) < 4.78 is 1.51. The number of hydrogen-bond donors (Lipinski definition) is 1. The number of nitrogens with zero attached hydrogens (tertiary/aromatic N) is 6. The molecule has 2 heterocycles. The maximum absolute atomic E-state index is 12.3. The average molecular weight is 343 g/mol. The Bertz CT molecular complexity index is 752. The van der Waals surface area contributed by atoms with Crippen LogP contribution < -0.4 is 5.32 Å². The van der Waals surface area contributed by atoms with E-state index in [0.29, 0.717) is 18.8 Å². The third-order valence-corrected chi connectivity index (χ3v) is 4.36. The van der Waals surface area contributed by atoms with E-state index in [-0.39, 0.29) is 0 Å². The highest BCUT2D eigenvalue weighted by molar-refractivity contribution is 6.39. The summed E-state index contributed by atoms with van der Waals surface area (Å²) in [4.78, 5) is 28.5. The molecule has 25 heavy (non-hydrogen) atoms. The number of tetrazole rings is 1. The molecule has 132 valence electrons. The van der Waals surface area contributed by atoms with Gasteiger partial charge < -0.3 is 15.1 Å². The van der Waals surface area contributed by atoms with Gasteiger partial charge in [-0.05, 0) is 41.6 Å². The van der Waals surface area contributed by atoms with Crippen molar-refractivity contribution in [3.63, 3.8) is 0 Å². The van der Waals surface area contributed by atoms with Crippen LogP contribution in [-0.2, 0) is 9.59 Å². The van der Waals surface area contributed by atoms with Gasteiger partial charge in [0.05, 0.1) is 5.69 Å². The third-order valence-electron chi connectivity index (χ3n) is 4.36. The molecular formula is C16H21N7O2. The zero-order valence-electron chi connectivity index (χ0n) is 14.3. The first kappa shape index (κ1) is 17.0. The van der Waals surface area contributed by atoms with Crippen LogP contribution in [0.25, 0.3) is 5.69 Å². The van der Waals surface area contributed by atoms with Gasteiger partial charge in [-0.1, -0.05) is 13.0 Å². The number of piperazine rings is 1. The van der Waals surface area contributed by atoms with Crippen molar-refractivity contribution in [2.24, 2.45) is 0 Å². The van der Waals surface area contributed by atoms with Gasteiger partial charge in [0.1, 0.15) is 6.33 Å². The highest BCUT2D eigenvalue weighted by atomic mass is 16.2. The van der Waals surface area contributed by atoms with E-state index in [0.717, 1.165) is 30.9 Å². The lowest BCUT2D eigenvalue weighted by molar-refractivity contribution is -0.144. The Morgan fingerprint density at radius 1 is 1.20 bits per heavy atom. The standard InChI is InChI=1S/C16H21N7O2/c1-3-21-6-8-22(9-7-21)16(25)15(24)18-13-5-4-12(2)14(10-13)23-11-17-19-20-23/h4-5,10-11H,3,6-9H2,1-2H3,(H,18,24). The fraction of sp³-hybridized carbons (Fsp3) is 0.438. The minimum absolute atomic E-state index is 0.500. The Morgan fingerprint density at radius 3 is 2.60 bits per heavy atom. The molecule has 9 nitrogen and oxygen atoms in total. The summed E-state index contributed by atoms with van der Waals surface area (Å²) in [6, 6.07) is 5.34. The monoisotopic (exact) mass is 343 g/mol. The zero-order valence-corrected chi connectivity index (χ0v) is 14.3. The molecule has 3 rings (SSSR count). The Kier molecular flexibility index (Phi) is 5.03. The van der Waals surface area contributed by atoms with Gasteiger partial charge in [0, 0.05) is 31.9 Å². The van der Waals surface area contributed by atoms with Gasteiger partial charge in [0.15, 0.2) is 0 Å². The van der Waals surface area contributed by atoms with E-state index in [1.807, 2.05) is 13.0 Å². The van der Waals surface area contributed by atoms with E-state index in [1.165, 1.54) is 11.0 Å². The molecule has 2 amide bonds. The summed E-state index contributed by atoms with van der Waals surface area (Å²) in [5.41, 5.74) is 2.22. The second-order valence-corrected chi connectivity index (χ2v) is 5.94. The predicted octanol–water partition coefficient (Wildman–Crippen LogP) is 0.0733. The second-order valence-electron chi connectivity index (χ2n) is 5.94. The van der Waals surface area contributed by atoms with Crippen molar-refractivity contribution in [3.8, 4) is 5.69 Å². The Labute approximate surface area is 145 Å². The Hall–Kier alpha value is -2.81. The van der Waals surface area contributed by atoms with Gasteiger partial charge in [0.25, 0.3) is 0 Å². The summed E-state index contributed by atoms with van der Waals surface area (Å²) >= 11 is 0. The number of aryl methyl sites for hydroxylation is 1. The molecule has 0 bridgehead atoms. The molecule has 2 aromatic rings. The fourth-order valence-corrected chi connectivity index (χ4v) is 2.80. The maximum Gasteiger partial charge on any atom is 0.313 e. The number of carbonyl (C=O) groups is 2. The third kappa shape index (κ3) is 3.82. The Balaban J connectivity index is 1.67. The molecule has 1 saturated heterocycles. The number of benzene rings is 1. The van der Waals surface area contributed by atoms with E-state index < -0.39 is 11.8 Å². The normalized spacial score (nSPS) is 15.2. The zero-order chi connectivity index (χ0) is 17.8. The van der Waals surface area contributed by atoms with Crippen molar-refractivity contribution in [3.05, 3.63) is 30.1 Å². The van der Waals surface area contributed by atoms with Crippen molar-refractivity contribution < 1.29 is 9.59 Å². The average Bonchev–Trinajstić information content (AvgIpc) is 3.17. The molecule has 0 atom stereocenters. The maximum atomic E-state index is 12.3. The molecule has 0 radical (unpaired) electrons. The van der Waals surface area contributed by atoms with Crippen molar-refractivity contribution in [2.45, 2.75) is 13.8 Å². The molecule has 1 N–H and O–H groups in total. The molecule has 1 fully saturated rings. The van der Waals surface area contributed by atoms with Crippen molar-refractivity contribution in [1.29, 1.82) is 0 Å². The van der Waals surface area contributed by atoms with Gasteiger partial charge >= 0.3 is 11.8 Å². The van der Waals surface area contributed by atoms with Gasteiger partial charge in [0.2, 0.25) is 0 Å². The van der Waals surface area contributed by atoms with Crippen molar-refractivity contribution in [2.75, 3.05) is 38.0 Å². The van der Waals surface area contributed by atoms with Crippen LogP contribution in [0, 0.1) is 6.92 Å². The fourth-order valence-electron chi connectivity index (χ4n) is 2.80. The van der Waals surface area contributed by atoms with Gasteiger partial charge in [-0.2, -0.15) is 0 Å². The van der Waals surface area contributed by atoms with E-state index in [4.69, 9.17) is 0 Å². The topological polar surface area (TPSA) is 96.2 Å². The molecular weight excluding hydrogens is 322 g/mol. The molecule has 1 aliphatic heterocycles.